The van der Waals surface area contributed by atoms with Gasteiger partial charge in [0.2, 0.25) is 0 Å². The number of nitrogens with zero attached hydrogens (tertiary/aromatic N) is 3. The highest BCUT2D eigenvalue weighted by Gasteiger charge is 2.38. The van der Waals surface area contributed by atoms with Crippen LogP contribution in [0.2, 0.25) is 0 Å². The first kappa shape index (κ1) is 19.0. The van der Waals surface area contributed by atoms with Crippen molar-refractivity contribution < 1.29 is 22.9 Å². The number of amides is 1. The van der Waals surface area contributed by atoms with E-state index in [2.05, 4.69) is 20.7 Å². The first-order valence-electron chi connectivity index (χ1n) is 5.79. The van der Waals surface area contributed by atoms with E-state index < -0.39 is 17.0 Å². The average molecular weight is 372 g/mol. The van der Waals surface area contributed by atoms with E-state index in [0.29, 0.717) is 5.13 Å². The Balaban J connectivity index is 2.38. The minimum absolute atomic E-state index is 0.0783. The number of hydrogen-bond donors (Lipinski definition) is 3. The molecule has 1 amide bonds. The van der Waals surface area contributed by atoms with Gasteiger partial charge in [-0.15, -0.1) is 0 Å². The Morgan fingerprint density at radius 3 is 2.74 bits per heavy atom. The summed E-state index contributed by atoms with van der Waals surface area (Å²) in [5.74, 6) is -2.13. The number of hydrogen-bond acceptors (Lipinski definition) is 8. The molecule has 0 aliphatic carbocycles. The van der Waals surface area contributed by atoms with Crippen LogP contribution in [0.15, 0.2) is 11.2 Å². The fourth-order valence-electron chi connectivity index (χ4n) is 1.09. The maximum atomic E-state index is 12.0. The highest BCUT2D eigenvalue weighted by atomic mass is 32.2. The lowest BCUT2D eigenvalue weighted by atomic mass is 10.6. The minimum atomic E-state index is -4.99. The van der Waals surface area contributed by atoms with Crippen molar-refractivity contribution in [3.05, 3.63) is 16.3 Å². The Morgan fingerprint density at radius 1 is 1.52 bits per heavy atom. The van der Waals surface area contributed by atoms with Crippen LogP contribution in [0.5, 0.6) is 0 Å². The largest absolute Gasteiger partial charge is 0.472 e. The van der Waals surface area contributed by atoms with Crippen LogP contribution in [0.4, 0.5) is 23.3 Å². The number of anilines is 1. The number of thiazole rings is 1. The van der Waals surface area contributed by atoms with Crippen molar-refractivity contribution in [2.24, 2.45) is 4.99 Å². The van der Waals surface area contributed by atoms with Gasteiger partial charge in [-0.1, -0.05) is 11.8 Å². The summed E-state index contributed by atoms with van der Waals surface area (Å²) in [5, 5.41) is 13.5. The van der Waals surface area contributed by atoms with Crippen LogP contribution < -0.4 is 16.2 Å². The van der Waals surface area contributed by atoms with Gasteiger partial charge in [0, 0.05) is 6.54 Å². The molecule has 0 aliphatic rings. The van der Waals surface area contributed by atoms with Crippen LogP contribution in [-0.4, -0.2) is 46.5 Å². The molecule has 1 heterocycles. The van der Waals surface area contributed by atoms with Gasteiger partial charge in [-0.25, -0.2) is 4.98 Å². The number of carbonyl (C=O) groups excluding carboxylic acids is 1. The molecule has 0 fully saturated rings. The Bertz CT molecular complexity index is 591. The zero-order valence-corrected chi connectivity index (χ0v) is 13.1. The molecule has 0 unspecified atom stereocenters. The van der Waals surface area contributed by atoms with Crippen molar-refractivity contribution in [3.8, 4) is 0 Å². The van der Waals surface area contributed by atoms with Crippen LogP contribution in [-0.2, 0) is 4.79 Å². The molecule has 0 saturated carbocycles. The second kappa shape index (κ2) is 8.52. The molecule has 0 bridgehead atoms. The molecule has 14 heteroatoms. The molecule has 0 aliphatic heterocycles. The molecule has 0 aromatic carbocycles. The molecule has 1 aromatic rings. The SMILES string of the molecule is CSC(=NCCNc1ncc([N+](=O)[O-])s1)NNC(=O)C(F)(F)F. The lowest BCUT2D eigenvalue weighted by molar-refractivity contribution is -0.380. The number of alkyl halides is 3. The maximum Gasteiger partial charge on any atom is 0.472 e. The fraction of sp³-hybridized carbons (Fsp3) is 0.444. The smallest absolute Gasteiger partial charge is 0.359 e. The number of nitrogens with one attached hydrogen (secondary N) is 3. The molecule has 128 valence electrons. The summed E-state index contributed by atoms with van der Waals surface area (Å²) < 4.78 is 36.0. The van der Waals surface area contributed by atoms with Crippen LogP contribution in [0, 0.1) is 10.1 Å². The molecule has 1 aromatic heterocycles. The first-order valence-corrected chi connectivity index (χ1v) is 7.84. The monoisotopic (exact) mass is 372 g/mol. The van der Waals surface area contributed by atoms with Crippen molar-refractivity contribution in [2.45, 2.75) is 6.18 Å². The van der Waals surface area contributed by atoms with Crippen LogP contribution in [0.3, 0.4) is 0 Å². The number of aliphatic imine (C=N–C) groups is 1. The van der Waals surface area contributed by atoms with Gasteiger partial charge < -0.3 is 5.32 Å². The summed E-state index contributed by atoms with van der Waals surface area (Å²) in [6.07, 6.45) is -2.32. The third kappa shape index (κ3) is 6.68. The number of amidine groups is 1. The predicted molar refractivity (Wildman–Crippen MR) is 80.4 cm³/mol. The van der Waals surface area contributed by atoms with Crippen LogP contribution in [0.25, 0.3) is 0 Å². The Labute approximate surface area is 135 Å². The van der Waals surface area contributed by atoms with Crippen LogP contribution in [0.1, 0.15) is 0 Å². The highest BCUT2D eigenvalue weighted by Crippen LogP contribution is 2.24. The molecule has 0 atom stereocenters. The Hall–Kier alpha value is -2.09. The second-order valence-electron chi connectivity index (χ2n) is 3.66. The topological polar surface area (TPSA) is 122 Å². The van der Waals surface area contributed by atoms with E-state index in [9.17, 15) is 28.1 Å². The molecular weight excluding hydrogens is 361 g/mol. The number of carbonyl (C=O) groups is 1. The molecule has 3 N–H and O–H groups in total. The summed E-state index contributed by atoms with van der Waals surface area (Å²) in [6, 6.07) is 0. The van der Waals surface area contributed by atoms with E-state index in [1.807, 2.05) is 0 Å². The predicted octanol–water partition coefficient (Wildman–Crippen LogP) is 1.37. The van der Waals surface area contributed by atoms with Gasteiger partial charge in [-0.2, -0.15) is 13.2 Å². The molecule has 9 nitrogen and oxygen atoms in total. The zero-order chi connectivity index (χ0) is 17.5. The lowest BCUT2D eigenvalue weighted by Gasteiger charge is -2.10. The van der Waals surface area contributed by atoms with Crippen molar-refractivity contribution in [2.75, 3.05) is 24.7 Å². The Kier molecular flexibility index (Phi) is 7.02. The van der Waals surface area contributed by atoms with Crippen molar-refractivity contribution in [1.82, 2.24) is 15.8 Å². The number of rotatable bonds is 5. The quantitative estimate of drug-likeness (QED) is 0.235. The van der Waals surface area contributed by atoms with Crippen LogP contribution >= 0.6 is 23.1 Å². The Morgan fingerprint density at radius 2 is 2.22 bits per heavy atom. The van der Waals surface area contributed by atoms with Gasteiger partial charge in [0.05, 0.1) is 11.5 Å². The van der Waals surface area contributed by atoms with E-state index in [-0.39, 0.29) is 23.3 Å². The van der Waals surface area contributed by atoms with Crippen molar-refractivity contribution in [3.63, 3.8) is 0 Å². The van der Waals surface area contributed by atoms with Gasteiger partial charge in [0.15, 0.2) is 10.3 Å². The standard InChI is InChI=1S/C9H11F3N6O3S2/c1-22-8(17-16-6(19)9(10,11)12)14-3-2-13-7-15-4-5(23-7)18(20)21/h4H,2-3H2,1H3,(H,13,15)(H,14,17)(H,16,19). The van der Waals surface area contributed by atoms with E-state index in [1.54, 1.807) is 6.26 Å². The first-order chi connectivity index (χ1) is 10.7. The van der Waals surface area contributed by atoms with Gasteiger partial charge in [0.1, 0.15) is 6.20 Å². The van der Waals surface area contributed by atoms with E-state index in [0.717, 1.165) is 29.3 Å². The zero-order valence-electron chi connectivity index (χ0n) is 11.5. The number of nitro groups is 1. The summed E-state index contributed by atoms with van der Waals surface area (Å²) in [5.41, 5.74) is 3.53. The molecule has 0 saturated heterocycles. The highest BCUT2D eigenvalue weighted by molar-refractivity contribution is 8.13. The molecule has 0 radical (unpaired) electrons. The summed E-state index contributed by atoms with van der Waals surface area (Å²) >= 11 is 1.85. The fourth-order valence-corrected chi connectivity index (χ4v) is 2.12. The van der Waals surface area contributed by atoms with Gasteiger partial charge >= 0.3 is 17.1 Å². The lowest BCUT2D eigenvalue weighted by Crippen LogP contribution is -2.47. The number of hydrazine groups is 1. The normalized spacial score (nSPS) is 11.9. The number of aromatic nitrogens is 1. The molecular formula is C9H11F3N6O3S2. The molecule has 1 rings (SSSR count). The molecule has 0 spiro atoms. The van der Waals surface area contributed by atoms with Gasteiger partial charge in [-0.3, -0.25) is 30.8 Å². The number of halogens is 3. The second-order valence-corrected chi connectivity index (χ2v) is 5.46. The van der Waals surface area contributed by atoms with Crippen molar-refractivity contribution >= 4 is 44.3 Å². The third-order valence-electron chi connectivity index (χ3n) is 2.05. The number of thioether (sulfide) groups is 1. The van der Waals surface area contributed by atoms with E-state index in [1.165, 1.54) is 5.43 Å². The third-order valence-corrected chi connectivity index (χ3v) is 3.58. The van der Waals surface area contributed by atoms with Crippen molar-refractivity contribution in [1.29, 1.82) is 0 Å². The average Bonchev–Trinajstić information content (AvgIpc) is 2.94. The van der Waals surface area contributed by atoms with E-state index >= 15 is 0 Å². The molecule has 23 heavy (non-hydrogen) atoms. The summed E-state index contributed by atoms with van der Waals surface area (Å²) in [4.78, 5) is 28.2. The van der Waals surface area contributed by atoms with Gasteiger partial charge in [-0.05, 0) is 17.6 Å². The summed E-state index contributed by atoms with van der Waals surface area (Å²) in [6.45, 7) is 0.405. The van der Waals surface area contributed by atoms with E-state index in [4.69, 9.17) is 0 Å². The maximum absolute atomic E-state index is 12.0. The van der Waals surface area contributed by atoms with Gasteiger partial charge in [0.25, 0.3) is 0 Å². The minimum Gasteiger partial charge on any atom is -0.359 e. The summed E-state index contributed by atoms with van der Waals surface area (Å²) in [7, 11) is 0.